The molecule has 1 aliphatic rings. The Kier molecular flexibility index (Phi) is 6.01. The number of aryl methyl sites for hydroxylation is 1. The molecule has 0 saturated carbocycles. The number of benzene rings is 1. The van der Waals surface area contributed by atoms with Gasteiger partial charge in [0.05, 0.1) is 13.2 Å². The molecule has 138 valence electrons. The van der Waals surface area contributed by atoms with Crippen molar-refractivity contribution < 1.29 is 15.0 Å². The molecule has 1 heterocycles. The van der Waals surface area contributed by atoms with Crippen molar-refractivity contribution in [3.8, 4) is 0 Å². The maximum absolute atomic E-state index is 12.6. The van der Waals surface area contributed by atoms with E-state index in [1.165, 1.54) is 12.0 Å². The fourth-order valence-corrected chi connectivity index (χ4v) is 3.46. The number of aromatic amines is 1. The maximum atomic E-state index is 12.6. The highest BCUT2D eigenvalue weighted by molar-refractivity contribution is 5.95. The number of carbonyl (C=O) groups excluding carboxylic acids is 1. The molecule has 0 saturated heterocycles. The summed E-state index contributed by atoms with van der Waals surface area (Å²) in [5.74, 6) is 0.0542. The molecule has 0 unspecified atom stereocenters. The Morgan fingerprint density at radius 1 is 1.27 bits per heavy atom. The lowest BCUT2D eigenvalue weighted by molar-refractivity contribution is 0.0983. The molecule has 5 heteroatoms. The van der Waals surface area contributed by atoms with Crippen LogP contribution in [0.25, 0.3) is 5.57 Å². The van der Waals surface area contributed by atoms with Crippen LogP contribution in [-0.4, -0.2) is 39.2 Å². The van der Waals surface area contributed by atoms with E-state index >= 15 is 0 Å². The lowest BCUT2D eigenvalue weighted by Crippen LogP contribution is -2.12. The number of Topliss-reactive ketones (excluding diaryl/α,β-unsaturated/α-hetero) is 1. The van der Waals surface area contributed by atoms with Gasteiger partial charge in [0.2, 0.25) is 5.78 Å². The van der Waals surface area contributed by atoms with Gasteiger partial charge in [0.1, 0.15) is 0 Å². The number of nitrogens with zero attached hydrogens (tertiary/aromatic N) is 1. The van der Waals surface area contributed by atoms with Crippen LogP contribution in [0.4, 0.5) is 0 Å². The number of hydrogen-bond donors (Lipinski definition) is 3. The Morgan fingerprint density at radius 3 is 2.69 bits per heavy atom. The number of H-pyrrole nitrogens is 1. The molecular formula is C21H26N2O3. The molecule has 26 heavy (non-hydrogen) atoms. The summed E-state index contributed by atoms with van der Waals surface area (Å²) in [5, 5.41) is 19.0. The molecule has 0 fully saturated rings. The fraction of sp³-hybridized carbons (Fsp3) is 0.429. The van der Waals surface area contributed by atoms with Gasteiger partial charge in [-0.1, -0.05) is 24.3 Å². The Labute approximate surface area is 153 Å². The summed E-state index contributed by atoms with van der Waals surface area (Å²) >= 11 is 0. The number of rotatable bonds is 7. The highest BCUT2D eigenvalue weighted by Gasteiger charge is 2.18. The standard InChI is InChI=1S/C21H26N2O3/c1-14-11-22-21(23-14)20(26)10-17-8-7-16(18(12-24)13-25)9-19(17)15-5-3-2-4-6-15/h5,7-9,11,18,24-25H,2-4,6,10,12-13H2,1H3,(H,22,23). The number of imidazole rings is 1. The normalized spacial score (nSPS) is 14.5. The van der Waals surface area contributed by atoms with Gasteiger partial charge in [-0.3, -0.25) is 4.79 Å². The Morgan fingerprint density at radius 2 is 2.08 bits per heavy atom. The van der Waals surface area contributed by atoms with Crippen molar-refractivity contribution in [1.82, 2.24) is 9.97 Å². The first-order valence-corrected chi connectivity index (χ1v) is 9.21. The minimum Gasteiger partial charge on any atom is -0.396 e. The first kappa shape index (κ1) is 18.5. The van der Waals surface area contributed by atoms with Crippen LogP contribution >= 0.6 is 0 Å². The third kappa shape index (κ3) is 4.11. The number of hydrogen-bond acceptors (Lipinski definition) is 4. The number of aliphatic hydroxyl groups is 2. The predicted octanol–water partition coefficient (Wildman–Crippen LogP) is 3.17. The molecule has 0 bridgehead atoms. The van der Waals surface area contributed by atoms with Gasteiger partial charge in [0, 0.05) is 24.2 Å². The van der Waals surface area contributed by atoms with E-state index in [1.54, 1.807) is 6.20 Å². The molecule has 0 spiro atoms. The highest BCUT2D eigenvalue weighted by Crippen LogP contribution is 2.32. The lowest BCUT2D eigenvalue weighted by Gasteiger charge is -2.20. The monoisotopic (exact) mass is 354 g/mol. The van der Waals surface area contributed by atoms with Gasteiger partial charge in [0.25, 0.3) is 0 Å². The van der Waals surface area contributed by atoms with Crippen molar-refractivity contribution in [2.24, 2.45) is 0 Å². The van der Waals surface area contributed by atoms with Crippen molar-refractivity contribution in [1.29, 1.82) is 0 Å². The van der Waals surface area contributed by atoms with E-state index < -0.39 is 0 Å². The van der Waals surface area contributed by atoms with Gasteiger partial charge in [-0.25, -0.2) is 4.98 Å². The van der Waals surface area contributed by atoms with Gasteiger partial charge in [0.15, 0.2) is 5.82 Å². The molecule has 0 radical (unpaired) electrons. The second-order valence-corrected chi connectivity index (χ2v) is 6.97. The van der Waals surface area contributed by atoms with Gasteiger partial charge >= 0.3 is 0 Å². The molecule has 0 amide bonds. The van der Waals surface area contributed by atoms with E-state index in [4.69, 9.17) is 0 Å². The van der Waals surface area contributed by atoms with Crippen LogP contribution in [0.3, 0.4) is 0 Å². The maximum Gasteiger partial charge on any atom is 0.202 e. The average Bonchev–Trinajstić information content (AvgIpc) is 3.11. The van der Waals surface area contributed by atoms with E-state index in [0.29, 0.717) is 5.82 Å². The van der Waals surface area contributed by atoms with Gasteiger partial charge in [-0.2, -0.15) is 0 Å². The minimum atomic E-state index is -0.296. The first-order chi connectivity index (χ1) is 12.6. The van der Waals surface area contributed by atoms with Gasteiger partial charge in [-0.15, -0.1) is 0 Å². The number of allylic oxidation sites excluding steroid dienone is 2. The van der Waals surface area contributed by atoms with Crippen LogP contribution in [0.1, 0.15) is 64.6 Å². The zero-order chi connectivity index (χ0) is 18.5. The van der Waals surface area contributed by atoms with E-state index in [-0.39, 0.29) is 31.3 Å². The van der Waals surface area contributed by atoms with Crippen LogP contribution in [0.2, 0.25) is 0 Å². The molecule has 1 aliphatic carbocycles. The van der Waals surface area contributed by atoms with E-state index in [9.17, 15) is 15.0 Å². The topological polar surface area (TPSA) is 86.2 Å². The summed E-state index contributed by atoms with van der Waals surface area (Å²) in [6.45, 7) is 1.68. The van der Waals surface area contributed by atoms with E-state index in [0.717, 1.165) is 41.6 Å². The zero-order valence-electron chi connectivity index (χ0n) is 15.2. The molecule has 3 N–H and O–H groups in total. The number of aliphatic hydroxyl groups excluding tert-OH is 2. The molecule has 1 aromatic heterocycles. The first-order valence-electron chi connectivity index (χ1n) is 9.21. The molecule has 5 nitrogen and oxygen atoms in total. The van der Waals surface area contributed by atoms with Crippen molar-refractivity contribution in [2.75, 3.05) is 13.2 Å². The molecule has 2 aromatic rings. The van der Waals surface area contributed by atoms with Crippen molar-refractivity contribution >= 4 is 11.4 Å². The van der Waals surface area contributed by atoms with Crippen LogP contribution < -0.4 is 0 Å². The number of aromatic nitrogens is 2. The Balaban J connectivity index is 1.95. The SMILES string of the molecule is Cc1cnc(C(=O)Cc2ccc(C(CO)CO)cc2C2=CCCCC2)[nH]1. The summed E-state index contributed by atoms with van der Waals surface area (Å²) in [6, 6.07) is 5.89. The van der Waals surface area contributed by atoms with E-state index in [1.807, 2.05) is 25.1 Å². The second kappa shape index (κ2) is 8.43. The van der Waals surface area contributed by atoms with Crippen LogP contribution in [-0.2, 0) is 6.42 Å². The van der Waals surface area contributed by atoms with Gasteiger partial charge in [-0.05, 0) is 54.9 Å². The molecule has 3 rings (SSSR count). The minimum absolute atomic E-state index is 0.0376. The largest absolute Gasteiger partial charge is 0.396 e. The predicted molar refractivity (Wildman–Crippen MR) is 101 cm³/mol. The van der Waals surface area contributed by atoms with Crippen LogP contribution in [0.5, 0.6) is 0 Å². The zero-order valence-corrected chi connectivity index (χ0v) is 15.2. The molecule has 0 aliphatic heterocycles. The summed E-state index contributed by atoms with van der Waals surface area (Å²) in [5.41, 5.74) is 5.06. The van der Waals surface area contributed by atoms with E-state index in [2.05, 4.69) is 16.0 Å². The smallest absolute Gasteiger partial charge is 0.202 e. The third-order valence-electron chi connectivity index (χ3n) is 5.00. The Bertz CT molecular complexity index is 803. The van der Waals surface area contributed by atoms with Crippen molar-refractivity contribution in [3.63, 3.8) is 0 Å². The quantitative estimate of drug-likeness (QED) is 0.667. The third-order valence-corrected chi connectivity index (χ3v) is 5.00. The molecular weight excluding hydrogens is 328 g/mol. The molecule has 1 aromatic carbocycles. The van der Waals surface area contributed by atoms with Gasteiger partial charge < -0.3 is 15.2 Å². The van der Waals surface area contributed by atoms with Crippen molar-refractivity contribution in [3.05, 3.63) is 58.7 Å². The summed E-state index contributed by atoms with van der Waals surface area (Å²) in [6.07, 6.45) is 8.57. The van der Waals surface area contributed by atoms with Crippen LogP contribution in [0, 0.1) is 6.92 Å². The number of carbonyl (C=O) groups is 1. The second-order valence-electron chi connectivity index (χ2n) is 6.97. The number of ketones is 1. The molecule has 0 atom stereocenters. The summed E-state index contributed by atoms with van der Waals surface area (Å²) in [4.78, 5) is 19.7. The highest BCUT2D eigenvalue weighted by atomic mass is 16.3. The average molecular weight is 354 g/mol. The summed E-state index contributed by atoms with van der Waals surface area (Å²) < 4.78 is 0. The number of nitrogens with one attached hydrogen (secondary N) is 1. The Hall–Kier alpha value is -2.24. The fourth-order valence-electron chi connectivity index (χ4n) is 3.46. The summed E-state index contributed by atoms with van der Waals surface area (Å²) in [7, 11) is 0. The van der Waals surface area contributed by atoms with Crippen LogP contribution in [0.15, 0.2) is 30.5 Å². The van der Waals surface area contributed by atoms with Crippen molar-refractivity contribution in [2.45, 2.75) is 44.9 Å². The lowest BCUT2D eigenvalue weighted by atomic mass is 9.86.